The topological polar surface area (TPSA) is 0 Å². The van der Waals surface area contributed by atoms with Gasteiger partial charge in [-0.25, -0.2) is 0 Å². The monoisotopic (exact) mass is 192 g/mol. The molecule has 1 heterocycles. The molecule has 1 rings (SSSR count). The third-order valence-electron chi connectivity index (χ3n) is 1.04. The lowest BCUT2D eigenvalue weighted by Gasteiger charge is -1.85. The number of thiophene rings is 1. The summed E-state index contributed by atoms with van der Waals surface area (Å²) in [7, 11) is 0. The molecule has 54 valence electrons. The summed E-state index contributed by atoms with van der Waals surface area (Å²) in [5, 5.41) is 2.03. The molecule has 0 aromatic carbocycles. The van der Waals surface area contributed by atoms with Gasteiger partial charge in [0.25, 0.3) is 0 Å². The van der Waals surface area contributed by atoms with Gasteiger partial charge in [-0.2, -0.15) is 0 Å². The maximum absolute atomic E-state index is 5.43. The highest BCUT2D eigenvalue weighted by molar-refractivity contribution is 7.09. The van der Waals surface area contributed by atoms with Gasteiger partial charge in [-0.1, -0.05) is 29.3 Å². The van der Waals surface area contributed by atoms with Crippen LogP contribution in [0.5, 0.6) is 0 Å². The molecule has 0 fully saturated rings. The summed E-state index contributed by atoms with van der Waals surface area (Å²) in [5.74, 6) is 0. The van der Waals surface area contributed by atoms with E-state index in [0.717, 1.165) is 6.42 Å². The van der Waals surface area contributed by atoms with Crippen molar-refractivity contribution in [2.24, 2.45) is 0 Å². The first-order valence-electron chi connectivity index (χ1n) is 2.82. The Kier molecular flexibility index (Phi) is 3.26. The summed E-state index contributed by atoms with van der Waals surface area (Å²) in [6.07, 6.45) is 2.62. The Bertz CT molecular complexity index is 210. The van der Waals surface area contributed by atoms with Gasteiger partial charge in [0.15, 0.2) is 0 Å². The van der Waals surface area contributed by atoms with Gasteiger partial charge in [0.2, 0.25) is 0 Å². The molecular weight excluding hydrogens is 187 g/mol. The fourth-order valence-electron chi connectivity index (χ4n) is 0.606. The number of halogens is 2. The third-order valence-corrected chi connectivity index (χ3v) is 2.24. The van der Waals surface area contributed by atoms with Crippen molar-refractivity contribution in [1.29, 1.82) is 0 Å². The van der Waals surface area contributed by atoms with Crippen LogP contribution in [0, 0.1) is 0 Å². The van der Waals surface area contributed by atoms with Crippen molar-refractivity contribution in [3.8, 4) is 0 Å². The van der Waals surface area contributed by atoms with Crippen molar-refractivity contribution in [2.75, 3.05) is 0 Å². The van der Waals surface area contributed by atoms with Crippen LogP contribution in [0.15, 0.2) is 28.1 Å². The first kappa shape index (κ1) is 8.12. The van der Waals surface area contributed by atoms with E-state index < -0.39 is 0 Å². The summed E-state index contributed by atoms with van der Waals surface area (Å²) in [6.45, 7) is 0. The van der Waals surface area contributed by atoms with Crippen LogP contribution in [-0.2, 0) is 6.42 Å². The van der Waals surface area contributed by atoms with Crippen molar-refractivity contribution in [1.82, 2.24) is 0 Å². The summed E-state index contributed by atoms with van der Waals surface area (Å²) in [4.78, 5) is 1.28. The lowest BCUT2D eigenvalue weighted by Crippen LogP contribution is -1.70. The fourth-order valence-corrected chi connectivity index (χ4v) is 1.43. The average Bonchev–Trinajstić information content (AvgIpc) is 2.34. The second-order valence-corrected chi connectivity index (χ2v) is 3.82. The molecule has 0 aliphatic carbocycles. The largest absolute Gasteiger partial charge is 0.149 e. The molecule has 0 unspecified atom stereocenters. The van der Waals surface area contributed by atoms with E-state index in [0.29, 0.717) is 4.49 Å². The lowest BCUT2D eigenvalue weighted by molar-refractivity contribution is 1.35. The van der Waals surface area contributed by atoms with Crippen molar-refractivity contribution in [3.05, 3.63) is 33.0 Å². The summed E-state index contributed by atoms with van der Waals surface area (Å²) in [5.41, 5.74) is 0. The van der Waals surface area contributed by atoms with Crippen LogP contribution in [-0.4, -0.2) is 0 Å². The highest BCUT2D eigenvalue weighted by atomic mass is 35.5. The van der Waals surface area contributed by atoms with Gasteiger partial charge >= 0.3 is 0 Å². The fraction of sp³-hybridized carbons (Fsp3) is 0.143. The molecule has 0 bridgehead atoms. The van der Waals surface area contributed by atoms with E-state index >= 15 is 0 Å². The normalized spacial score (nSPS) is 9.40. The van der Waals surface area contributed by atoms with E-state index in [4.69, 9.17) is 23.2 Å². The van der Waals surface area contributed by atoms with Crippen molar-refractivity contribution < 1.29 is 0 Å². The standard InChI is InChI=1S/C7H6Cl2S/c8-7(9)4-3-6-2-1-5-10-6/h1-2,4-5H,3H2. The summed E-state index contributed by atoms with van der Waals surface area (Å²) in [6, 6.07) is 4.06. The van der Waals surface area contributed by atoms with Gasteiger partial charge < -0.3 is 0 Å². The van der Waals surface area contributed by atoms with Crippen LogP contribution < -0.4 is 0 Å². The van der Waals surface area contributed by atoms with Crippen LogP contribution in [0.3, 0.4) is 0 Å². The van der Waals surface area contributed by atoms with Crippen LogP contribution in [0.4, 0.5) is 0 Å². The smallest absolute Gasteiger partial charge is 0.103 e. The molecule has 0 saturated carbocycles. The van der Waals surface area contributed by atoms with E-state index in [9.17, 15) is 0 Å². The minimum absolute atomic E-state index is 0.341. The number of allylic oxidation sites excluding steroid dienone is 1. The molecule has 10 heavy (non-hydrogen) atoms. The zero-order valence-electron chi connectivity index (χ0n) is 5.18. The molecule has 0 amide bonds. The van der Waals surface area contributed by atoms with Crippen LogP contribution in [0.25, 0.3) is 0 Å². The quantitative estimate of drug-likeness (QED) is 0.672. The van der Waals surface area contributed by atoms with Crippen LogP contribution in [0.1, 0.15) is 4.88 Å². The Morgan fingerprint density at radius 3 is 2.90 bits per heavy atom. The second kappa shape index (κ2) is 4.02. The molecule has 3 heteroatoms. The predicted octanol–water partition coefficient (Wildman–Crippen LogP) is 3.61. The van der Waals surface area contributed by atoms with Gasteiger partial charge in [-0.15, -0.1) is 11.3 Å². The van der Waals surface area contributed by atoms with Crippen LogP contribution in [0.2, 0.25) is 0 Å². The van der Waals surface area contributed by atoms with Crippen LogP contribution >= 0.6 is 34.5 Å². The number of hydrogen-bond acceptors (Lipinski definition) is 1. The van der Waals surface area contributed by atoms with Crippen molar-refractivity contribution in [3.63, 3.8) is 0 Å². The van der Waals surface area contributed by atoms with E-state index in [2.05, 4.69) is 6.07 Å². The molecule has 1 aromatic heterocycles. The molecule has 0 aliphatic rings. The predicted molar refractivity (Wildman–Crippen MR) is 47.8 cm³/mol. The SMILES string of the molecule is ClC(Cl)=CCc1cccs1. The number of rotatable bonds is 2. The van der Waals surface area contributed by atoms with Crippen molar-refractivity contribution >= 4 is 34.5 Å². The minimum Gasteiger partial charge on any atom is -0.149 e. The van der Waals surface area contributed by atoms with E-state index in [1.807, 2.05) is 11.4 Å². The molecule has 0 nitrogen and oxygen atoms in total. The molecule has 0 aliphatic heterocycles. The maximum Gasteiger partial charge on any atom is 0.103 e. The third kappa shape index (κ3) is 2.74. The Labute approximate surface area is 74.1 Å². The summed E-state index contributed by atoms with van der Waals surface area (Å²) < 4.78 is 0.341. The van der Waals surface area contributed by atoms with Gasteiger partial charge in [0.05, 0.1) is 0 Å². The lowest BCUT2D eigenvalue weighted by atomic mass is 10.3. The molecule has 0 spiro atoms. The highest BCUT2D eigenvalue weighted by Crippen LogP contribution is 2.13. The van der Waals surface area contributed by atoms with E-state index in [1.54, 1.807) is 17.4 Å². The maximum atomic E-state index is 5.43. The zero-order valence-corrected chi connectivity index (χ0v) is 7.51. The number of hydrogen-bond donors (Lipinski definition) is 0. The van der Waals surface area contributed by atoms with E-state index in [1.165, 1.54) is 4.88 Å². The average molecular weight is 193 g/mol. The highest BCUT2D eigenvalue weighted by Gasteiger charge is 1.89. The van der Waals surface area contributed by atoms with Crippen molar-refractivity contribution in [2.45, 2.75) is 6.42 Å². The first-order valence-corrected chi connectivity index (χ1v) is 4.46. The van der Waals surface area contributed by atoms with Gasteiger partial charge in [-0.05, 0) is 17.5 Å². The molecule has 0 N–H and O–H groups in total. The molecule has 0 radical (unpaired) electrons. The van der Waals surface area contributed by atoms with E-state index in [-0.39, 0.29) is 0 Å². The Morgan fingerprint density at radius 1 is 1.60 bits per heavy atom. The Hall–Kier alpha value is 0.0200. The molecule has 1 aromatic rings. The molecular formula is C7H6Cl2S. The second-order valence-electron chi connectivity index (χ2n) is 1.78. The minimum atomic E-state index is 0.341. The van der Waals surface area contributed by atoms with Gasteiger partial charge in [0.1, 0.15) is 4.49 Å². The Balaban J connectivity index is 2.49. The first-order chi connectivity index (χ1) is 4.79. The Morgan fingerprint density at radius 2 is 2.40 bits per heavy atom. The molecule has 0 saturated heterocycles. The van der Waals surface area contributed by atoms with Gasteiger partial charge in [0, 0.05) is 11.3 Å². The zero-order chi connectivity index (χ0) is 7.40. The summed E-state index contributed by atoms with van der Waals surface area (Å²) >= 11 is 12.6. The molecule has 0 atom stereocenters. The van der Waals surface area contributed by atoms with Gasteiger partial charge in [-0.3, -0.25) is 0 Å².